The molecule has 0 atom stereocenters. The summed E-state index contributed by atoms with van der Waals surface area (Å²) in [6.45, 7) is 8.27. The maximum Gasteiger partial charge on any atom is 0.278 e. The molecular formula is C21H27N6O3+. The highest BCUT2D eigenvalue weighted by Crippen LogP contribution is 2.16. The Bertz CT molecular complexity index is 1150. The van der Waals surface area contributed by atoms with Crippen molar-refractivity contribution in [1.29, 1.82) is 0 Å². The van der Waals surface area contributed by atoms with Crippen molar-refractivity contribution < 1.29 is 14.1 Å². The fourth-order valence-corrected chi connectivity index (χ4v) is 3.82. The number of fused-ring (bicyclic) bond motifs is 2. The van der Waals surface area contributed by atoms with E-state index < -0.39 is 0 Å². The number of anilines is 1. The van der Waals surface area contributed by atoms with E-state index in [1.807, 2.05) is 19.9 Å². The highest BCUT2D eigenvalue weighted by atomic mass is 16.5. The molecule has 158 valence electrons. The molecule has 1 amide bonds. The topological polar surface area (TPSA) is 106 Å². The minimum Gasteiger partial charge on any atom is -0.379 e. The van der Waals surface area contributed by atoms with Crippen molar-refractivity contribution in [3.63, 3.8) is 0 Å². The van der Waals surface area contributed by atoms with Crippen LogP contribution >= 0.6 is 0 Å². The van der Waals surface area contributed by atoms with E-state index in [0.29, 0.717) is 42.3 Å². The lowest BCUT2D eigenvalue weighted by atomic mass is 10.1. The molecule has 1 saturated heterocycles. The number of hydrogen-bond donors (Lipinski definition) is 2. The van der Waals surface area contributed by atoms with E-state index in [2.05, 4.69) is 15.2 Å². The quantitative estimate of drug-likeness (QED) is 0.464. The molecule has 4 rings (SSSR count). The summed E-state index contributed by atoms with van der Waals surface area (Å²) in [5, 5.41) is 3.29. The molecule has 0 bridgehead atoms. The molecule has 0 radical (unpaired) electrons. The van der Waals surface area contributed by atoms with E-state index in [9.17, 15) is 9.59 Å². The van der Waals surface area contributed by atoms with Gasteiger partial charge in [0.2, 0.25) is 11.5 Å². The van der Waals surface area contributed by atoms with E-state index in [1.165, 1.54) is 4.40 Å². The van der Waals surface area contributed by atoms with Crippen molar-refractivity contribution in [1.82, 2.24) is 19.6 Å². The van der Waals surface area contributed by atoms with Gasteiger partial charge in [-0.2, -0.15) is 0 Å². The summed E-state index contributed by atoms with van der Waals surface area (Å²) >= 11 is 0. The van der Waals surface area contributed by atoms with Crippen molar-refractivity contribution in [2.75, 3.05) is 45.1 Å². The van der Waals surface area contributed by atoms with Crippen LogP contribution < -0.4 is 21.2 Å². The van der Waals surface area contributed by atoms with Gasteiger partial charge in [-0.3, -0.25) is 18.9 Å². The summed E-state index contributed by atoms with van der Waals surface area (Å²) in [6, 6.07) is 6.85. The fraction of sp³-hybridized carbons (Fsp3) is 0.429. The zero-order chi connectivity index (χ0) is 21.3. The second-order valence-electron chi connectivity index (χ2n) is 7.70. The number of carbonyl (C=O) groups excluding carboxylic acids is 1. The standard InChI is InChI=1S/C21H26N6O3/c1-14(2)27-18(22)15(20(28)23-6-8-25-9-11-30-12-10-25)13-16-19(27)24-17-5-3-4-7-26(17)21(16)29/h3-5,7,13-14,22H,6,8-12H2,1-2H3,(H,23,28)/p+1. The molecule has 0 aliphatic carbocycles. The molecule has 30 heavy (non-hydrogen) atoms. The van der Waals surface area contributed by atoms with E-state index in [-0.39, 0.29) is 23.1 Å². The number of ether oxygens (including phenoxy) is 1. The molecule has 1 aliphatic heterocycles. The Morgan fingerprint density at radius 2 is 2.10 bits per heavy atom. The molecule has 0 saturated carbocycles. The van der Waals surface area contributed by atoms with Crippen LogP contribution in [0.4, 0.5) is 5.82 Å². The Labute approximate surface area is 174 Å². The number of nitrogens with one attached hydrogen (secondary N) is 1. The molecule has 4 heterocycles. The molecule has 3 N–H and O–H groups in total. The summed E-state index contributed by atoms with van der Waals surface area (Å²) < 4.78 is 8.57. The van der Waals surface area contributed by atoms with Gasteiger partial charge < -0.3 is 15.8 Å². The second-order valence-corrected chi connectivity index (χ2v) is 7.70. The number of amides is 1. The molecule has 1 aliphatic rings. The molecule has 1 fully saturated rings. The number of nitrogen functional groups attached to an aromatic ring is 1. The van der Waals surface area contributed by atoms with Gasteiger partial charge in [0, 0.05) is 32.4 Å². The Morgan fingerprint density at radius 3 is 2.83 bits per heavy atom. The number of pyridine rings is 2. The van der Waals surface area contributed by atoms with Crippen molar-refractivity contribution >= 4 is 28.4 Å². The third kappa shape index (κ3) is 3.73. The molecule has 0 unspecified atom stereocenters. The highest BCUT2D eigenvalue weighted by molar-refractivity contribution is 6.00. The Morgan fingerprint density at radius 1 is 1.33 bits per heavy atom. The van der Waals surface area contributed by atoms with Gasteiger partial charge >= 0.3 is 0 Å². The average molecular weight is 411 g/mol. The first-order chi connectivity index (χ1) is 14.5. The van der Waals surface area contributed by atoms with Gasteiger partial charge in [-0.1, -0.05) is 11.1 Å². The zero-order valence-electron chi connectivity index (χ0n) is 17.3. The minimum absolute atomic E-state index is 0.0772. The van der Waals surface area contributed by atoms with Crippen LogP contribution in [0.15, 0.2) is 35.3 Å². The Kier molecular flexibility index (Phi) is 5.65. The van der Waals surface area contributed by atoms with Crippen LogP contribution in [0.3, 0.4) is 0 Å². The van der Waals surface area contributed by atoms with Gasteiger partial charge in [0.15, 0.2) is 0 Å². The van der Waals surface area contributed by atoms with E-state index >= 15 is 0 Å². The molecule has 3 aromatic heterocycles. The predicted molar refractivity (Wildman–Crippen MR) is 114 cm³/mol. The second kappa shape index (κ2) is 8.37. The maximum atomic E-state index is 13.1. The first-order valence-corrected chi connectivity index (χ1v) is 10.2. The lowest BCUT2D eigenvalue weighted by Crippen LogP contribution is -2.45. The fourth-order valence-electron chi connectivity index (χ4n) is 3.82. The monoisotopic (exact) mass is 411 g/mol. The third-order valence-corrected chi connectivity index (χ3v) is 5.38. The van der Waals surface area contributed by atoms with Crippen LogP contribution in [0.25, 0.3) is 16.7 Å². The largest absolute Gasteiger partial charge is 0.379 e. The van der Waals surface area contributed by atoms with E-state index in [4.69, 9.17) is 10.5 Å². The van der Waals surface area contributed by atoms with Crippen molar-refractivity contribution in [3.8, 4) is 0 Å². The summed E-state index contributed by atoms with van der Waals surface area (Å²) in [5.74, 6) is 0.00294. The Hall–Kier alpha value is -3.04. The number of aromatic nitrogens is 3. The van der Waals surface area contributed by atoms with Gasteiger partial charge in [-0.05, 0) is 32.0 Å². The normalized spacial score (nSPS) is 15.2. The van der Waals surface area contributed by atoms with Gasteiger partial charge in [-0.25, -0.2) is 4.57 Å². The molecule has 0 spiro atoms. The van der Waals surface area contributed by atoms with Gasteiger partial charge in [0.25, 0.3) is 17.1 Å². The van der Waals surface area contributed by atoms with Crippen molar-refractivity contribution in [2.24, 2.45) is 0 Å². The van der Waals surface area contributed by atoms with Crippen LogP contribution in [-0.4, -0.2) is 59.6 Å². The first kappa shape index (κ1) is 20.2. The van der Waals surface area contributed by atoms with Gasteiger partial charge in [0.1, 0.15) is 10.9 Å². The van der Waals surface area contributed by atoms with Crippen LogP contribution in [0.1, 0.15) is 30.2 Å². The van der Waals surface area contributed by atoms with Gasteiger partial charge in [0.05, 0.1) is 19.3 Å². The lowest BCUT2D eigenvalue weighted by Gasteiger charge is -2.26. The molecule has 0 aromatic carbocycles. The molecule has 9 nitrogen and oxygen atoms in total. The first-order valence-electron chi connectivity index (χ1n) is 10.2. The van der Waals surface area contributed by atoms with Crippen molar-refractivity contribution in [2.45, 2.75) is 19.9 Å². The smallest absolute Gasteiger partial charge is 0.278 e. The third-order valence-electron chi connectivity index (χ3n) is 5.38. The summed E-state index contributed by atoms with van der Waals surface area (Å²) in [4.78, 5) is 32.9. The number of nitrogens with zero attached hydrogens (tertiary/aromatic N) is 4. The minimum atomic E-state index is -0.297. The number of hydrogen-bond acceptors (Lipinski definition) is 6. The SMILES string of the molecule is CC(C)[n+]1c(N)c(C(=O)NCCN2CCOCC2)cc2c(=O)n3ccccc3nc21. The Balaban J connectivity index is 1.71. The van der Waals surface area contributed by atoms with Crippen molar-refractivity contribution in [3.05, 3.63) is 46.4 Å². The predicted octanol–water partition coefficient (Wildman–Crippen LogP) is 0.360. The number of carbonyl (C=O) groups is 1. The van der Waals surface area contributed by atoms with Gasteiger partial charge in [-0.15, -0.1) is 0 Å². The molecule has 3 aromatic rings. The molecular weight excluding hydrogens is 384 g/mol. The van der Waals surface area contributed by atoms with E-state index in [1.54, 1.807) is 29.0 Å². The van der Waals surface area contributed by atoms with Crippen LogP contribution in [-0.2, 0) is 4.74 Å². The zero-order valence-corrected chi connectivity index (χ0v) is 17.3. The summed E-state index contributed by atoms with van der Waals surface area (Å²) in [6.07, 6.45) is 1.67. The van der Waals surface area contributed by atoms with Crippen LogP contribution in [0, 0.1) is 0 Å². The number of morpholine rings is 1. The van der Waals surface area contributed by atoms with E-state index in [0.717, 1.165) is 19.6 Å². The van der Waals surface area contributed by atoms with Crippen LogP contribution in [0.5, 0.6) is 0 Å². The summed E-state index contributed by atoms with van der Waals surface area (Å²) in [7, 11) is 0. The highest BCUT2D eigenvalue weighted by Gasteiger charge is 2.25. The van der Waals surface area contributed by atoms with Crippen LogP contribution in [0.2, 0.25) is 0 Å². The molecule has 9 heteroatoms. The average Bonchev–Trinajstić information content (AvgIpc) is 2.74. The maximum absolute atomic E-state index is 13.1. The lowest BCUT2D eigenvalue weighted by molar-refractivity contribution is -0.679. The number of nitrogens with two attached hydrogens (primary N) is 1. The number of rotatable bonds is 5. The summed E-state index contributed by atoms with van der Waals surface area (Å²) in [5.41, 5.74) is 7.45.